The van der Waals surface area contributed by atoms with E-state index in [1.54, 1.807) is 48.4 Å². The summed E-state index contributed by atoms with van der Waals surface area (Å²) in [6.45, 7) is 2.54. The normalized spacial score (nSPS) is 15.0. The minimum absolute atomic E-state index is 0.0567. The molecule has 9 heteroatoms. The zero-order valence-electron chi connectivity index (χ0n) is 19.4. The second-order valence-electron chi connectivity index (χ2n) is 8.62. The van der Waals surface area contributed by atoms with Gasteiger partial charge >= 0.3 is 0 Å². The van der Waals surface area contributed by atoms with E-state index in [2.05, 4.69) is 15.3 Å². The van der Waals surface area contributed by atoms with Crippen LogP contribution in [0.3, 0.4) is 0 Å². The fourth-order valence-corrected chi connectivity index (χ4v) is 4.31. The number of carbonyl (C=O) groups is 2. The van der Waals surface area contributed by atoms with Crippen LogP contribution >= 0.6 is 0 Å². The molecule has 35 heavy (non-hydrogen) atoms. The molecular formula is C26H28FN5O3. The Morgan fingerprint density at radius 2 is 1.91 bits per heavy atom. The summed E-state index contributed by atoms with van der Waals surface area (Å²) in [4.78, 5) is 35.0. The molecule has 3 aromatic rings. The lowest BCUT2D eigenvalue weighted by molar-refractivity contribution is -0.129. The molecule has 0 bridgehead atoms. The number of aliphatic hydroxyl groups is 1. The van der Waals surface area contributed by atoms with Crippen molar-refractivity contribution in [1.29, 1.82) is 0 Å². The minimum atomic E-state index is -0.730. The van der Waals surface area contributed by atoms with Crippen molar-refractivity contribution in [3.63, 3.8) is 0 Å². The largest absolute Gasteiger partial charge is 0.394 e. The maximum absolute atomic E-state index is 15.0. The monoisotopic (exact) mass is 477 g/mol. The summed E-state index contributed by atoms with van der Waals surface area (Å²) in [7, 11) is 0. The van der Waals surface area contributed by atoms with E-state index in [4.69, 9.17) is 5.73 Å². The summed E-state index contributed by atoms with van der Waals surface area (Å²) in [5, 5.41) is 12.4. The van der Waals surface area contributed by atoms with Gasteiger partial charge in [-0.2, -0.15) is 0 Å². The number of nitrogens with two attached hydrogens (primary N) is 1. The minimum Gasteiger partial charge on any atom is -0.394 e. The van der Waals surface area contributed by atoms with Crippen LogP contribution in [0.5, 0.6) is 0 Å². The number of nitrogens with one attached hydrogen (secondary N) is 1. The Kier molecular flexibility index (Phi) is 7.36. The van der Waals surface area contributed by atoms with Crippen LogP contribution in [0.2, 0.25) is 0 Å². The van der Waals surface area contributed by atoms with Crippen molar-refractivity contribution in [3.05, 3.63) is 77.4 Å². The van der Waals surface area contributed by atoms with Crippen LogP contribution in [-0.2, 0) is 4.79 Å². The zero-order chi connectivity index (χ0) is 24.9. The highest BCUT2D eigenvalue weighted by Crippen LogP contribution is 2.30. The molecule has 0 spiro atoms. The number of aliphatic hydroxyl groups excluding tert-OH is 1. The fraction of sp³-hybridized carbons (Fsp3) is 0.308. The second-order valence-corrected chi connectivity index (χ2v) is 8.62. The van der Waals surface area contributed by atoms with Crippen molar-refractivity contribution >= 4 is 17.6 Å². The molecule has 0 aliphatic carbocycles. The van der Waals surface area contributed by atoms with E-state index < -0.39 is 17.8 Å². The van der Waals surface area contributed by atoms with Crippen LogP contribution in [0.1, 0.15) is 53.3 Å². The molecule has 1 aromatic heterocycles. The quantitative estimate of drug-likeness (QED) is 0.502. The summed E-state index contributed by atoms with van der Waals surface area (Å²) in [6.07, 6.45) is 3.15. The number of piperidine rings is 1. The molecule has 182 valence electrons. The average molecular weight is 478 g/mol. The van der Waals surface area contributed by atoms with Crippen LogP contribution in [0.25, 0.3) is 11.3 Å². The van der Waals surface area contributed by atoms with Crippen LogP contribution in [-0.4, -0.2) is 51.5 Å². The molecule has 0 radical (unpaired) electrons. The molecule has 1 aliphatic rings. The highest BCUT2D eigenvalue weighted by Gasteiger charge is 2.24. The number of benzene rings is 2. The number of anilines is 1. The number of carbonyl (C=O) groups excluding carboxylic acids is 2. The number of likely N-dealkylation sites (tertiary alicyclic amines) is 1. The van der Waals surface area contributed by atoms with E-state index in [0.717, 1.165) is 24.1 Å². The summed E-state index contributed by atoms with van der Waals surface area (Å²) in [6, 6.07) is 12.5. The smallest absolute Gasteiger partial charge is 0.254 e. The van der Waals surface area contributed by atoms with Crippen LogP contribution in [0.4, 0.5) is 10.2 Å². The summed E-state index contributed by atoms with van der Waals surface area (Å²) in [5.74, 6) is -1.02. The Morgan fingerprint density at radius 1 is 1.20 bits per heavy atom. The molecule has 1 atom stereocenters. The Morgan fingerprint density at radius 3 is 2.54 bits per heavy atom. The van der Waals surface area contributed by atoms with Gasteiger partial charge in [0.1, 0.15) is 17.3 Å². The van der Waals surface area contributed by atoms with E-state index >= 15 is 0 Å². The number of hydrogen-bond donors (Lipinski definition) is 3. The number of nitrogen functional groups attached to an aromatic ring is 1. The predicted molar refractivity (Wildman–Crippen MR) is 130 cm³/mol. The highest BCUT2D eigenvalue weighted by atomic mass is 19.1. The molecule has 0 saturated carbocycles. The van der Waals surface area contributed by atoms with Gasteiger partial charge in [0.2, 0.25) is 5.91 Å². The zero-order valence-corrected chi connectivity index (χ0v) is 19.4. The lowest BCUT2D eigenvalue weighted by Gasteiger charge is -2.31. The third kappa shape index (κ3) is 5.46. The van der Waals surface area contributed by atoms with Gasteiger partial charge in [-0.05, 0) is 30.5 Å². The Labute approximate surface area is 203 Å². The van der Waals surface area contributed by atoms with Gasteiger partial charge in [-0.1, -0.05) is 36.4 Å². The fourth-order valence-electron chi connectivity index (χ4n) is 4.31. The molecule has 2 heterocycles. The average Bonchev–Trinajstić information content (AvgIpc) is 2.88. The highest BCUT2D eigenvalue weighted by molar-refractivity contribution is 5.95. The molecule has 2 aromatic carbocycles. The van der Waals surface area contributed by atoms with Gasteiger partial charge in [-0.3, -0.25) is 9.59 Å². The van der Waals surface area contributed by atoms with Crippen LogP contribution < -0.4 is 11.1 Å². The molecule has 1 aliphatic heterocycles. The van der Waals surface area contributed by atoms with Gasteiger partial charge in [0.25, 0.3) is 5.91 Å². The Bertz CT molecular complexity index is 1210. The van der Waals surface area contributed by atoms with Gasteiger partial charge in [0, 0.05) is 31.5 Å². The molecule has 0 unspecified atom stereocenters. The number of halogens is 1. The van der Waals surface area contributed by atoms with Crippen molar-refractivity contribution < 1.29 is 19.1 Å². The van der Waals surface area contributed by atoms with Crippen molar-refractivity contribution in [1.82, 2.24) is 20.2 Å². The molecule has 2 amide bonds. The Hall–Kier alpha value is -3.85. The standard InChI is InChI=1S/C26H28FN5O3/c1-16(34)32-11-9-18(10-12-32)22-14-29-25(28)24(30-22)19-7-8-20(21(27)13-19)26(35)31-23(15-33)17-5-3-2-4-6-17/h2-8,13-14,18,23,33H,9-12,15H2,1H3,(H2,28,29)(H,31,35)/t23-/m1/s1. The van der Waals surface area contributed by atoms with E-state index in [1.165, 1.54) is 12.1 Å². The Balaban J connectivity index is 1.52. The first-order chi connectivity index (χ1) is 16.9. The van der Waals surface area contributed by atoms with Crippen molar-refractivity contribution in [2.24, 2.45) is 0 Å². The lowest BCUT2D eigenvalue weighted by atomic mass is 9.93. The molecule has 1 fully saturated rings. The molecule has 4 rings (SSSR count). The summed E-state index contributed by atoms with van der Waals surface area (Å²) >= 11 is 0. The van der Waals surface area contributed by atoms with Gasteiger partial charge in [0.15, 0.2) is 0 Å². The second kappa shape index (κ2) is 10.6. The van der Waals surface area contributed by atoms with E-state index in [9.17, 15) is 19.1 Å². The van der Waals surface area contributed by atoms with Gasteiger partial charge in [-0.25, -0.2) is 14.4 Å². The van der Waals surface area contributed by atoms with Crippen LogP contribution in [0, 0.1) is 5.82 Å². The number of rotatable bonds is 6. The first kappa shape index (κ1) is 24.3. The van der Waals surface area contributed by atoms with E-state index in [-0.39, 0.29) is 29.8 Å². The molecule has 4 N–H and O–H groups in total. The number of amides is 2. The summed E-state index contributed by atoms with van der Waals surface area (Å²) < 4.78 is 15.0. The van der Waals surface area contributed by atoms with E-state index in [0.29, 0.717) is 24.3 Å². The summed E-state index contributed by atoms with van der Waals surface area (Å²) in [5.41, 5.74) is 8.12. The van der Waals surface area contributed by atoms with Gasteiger partial charge in [-0.15, -0.1) is 0 Å². The first-order valence-corrected chi connectivity index (χ1v) is 11.5. The number of nitrogens with zero attached hydrogens (tertiary/aromatic N) is 3. The third-order valence-corrected chi connectivity index (χ3v) is 6.35. The van der Waals surface area contributed by atoms with Crippen molar-refractivity contribution in [2.45, 2.75) is 31.7 Å². The first-order valence-electron chi connectivity index (χ1n) is 11.5. The van der Waals surface area contributed by atoms with Gasteiger partial charge in [0.05, 0.1) is 30.1 Å². The SMILES string of the molecule is CC(=O)N1CCC(c2cnc(N)c(-c3ccc(C(=O)N[C@H](CO)c4ccccc4)c(F)c3)n2)CC1. The third-order valence-electron chi connectivity index (χ3n) is 6.35. The van der Waals surface area contributed by atoms with Crippen molar-refractivity contribution in [3.8, 4) is 11.3 Å². The molecule has 1 saturated heterocycles. The molecule has 8 nitrogen and oxygen atoms in total. The number of aromatic nitrogens is 2. The predicted octanol–water partition coefficient (Wildman–Crippen LogP) is 3.05. The van der Waals surface area contributed by atoms with Gasteiger partial charge < -0.3 is 21.1 Å². The number of hydrogen-bond acceptors (Lipinski definition) is 6. The maximum atomic E-state index is 15.0. The molecular weight excluding hydrogens is 449 g/mol. The lowest BCUT2D eigenvalue weighted by Crippen LogP contribution is -2.36. The van der Waals surface area contributed by atoms with Crippen molar-refractivity contribution in [2.75, 3.05) is 25.4 Å². The maximum Gasteiger partial charge on any atom is 0.254 e. The topological polar surface area (TPSA) is 121 Å². The van der Waals surface area contributed by atoms with Crippen LogP contribution in [0.15, 0.2) is 54.7 Å². The van der Waals surface area contributed by atoms with E-state index in [1.807, 2.05) is 6.07 Å².